The third-order valence-electron chi connectivity index (χ3n) is 4.94. The van der Waals surface area contributed by atoms with Crippen LogP contribution in [0.15, 0.2) is 36.4 Å². The number of carbonyl (C=O) groups is 1. The fraction of sp³-hybridized carbons (Fsp3) is 0.350. The van der Waals surface area contributed by atoms with Crippen molar-refractivity contribution >= 4 is 35.6 Å². The number of aliphatic hydroxyl groups is 1. The van der Waals surface area contributed by atoms with Gasteiger partial charge in [0.25, 0.3) is 0 Å². The van der Waals surface area contributed by atoms with Crippen molar-refractivity contribution in [3.63, 3.8) is 0 Å². The number of aliphatic hydroxyl groups excluding tert-OH is 1. The third kappa shape index (κ3) is 3.74. The maximum atomic E-state index is 14.8. The topological polar surface area (TPSA) is 52.6 Å². The Morgan fingerprint density at radius 2 is 1.93 bits per heavy atom. The van der Waals surface area contributed by atoms with Crippen molar-refractivity contribution < 1.29 is 18.7 Å². The van der Waals surface area contributed by atoms with Gasteiger partial charge in [0, 0.05) is 11.6 Å². The molecule has 0 aromatic heterocycles. The lowest BCUT2D eigenvalue weighted by Gasteiger charge is -2.34. The lowest BCUT2D eigenvalue weighted by molar-refractivity contribution is -0.123. The molecule has 1 amide bonds. The SMILES string of the molecule is CNC[C@@H](O)[C@H](c1cc(F)cc(Cl)c1)N1C(=O)C(C)(C)c2cccc(F)c21.Cl. The molecular weight excluding hydrogens is 409 g/mol. The monoisotopic (exact) mass is 430 g/mol. The fourth-order valence-electron chi connectivity index (χ4n) is 3.66. The number of hydrogen-bond donors (Lipinski definition) is 2. The van der Waals surface area contributed by atoms with Gasteiger partial charge in [-0.1, -0.05) is 23.7 Å². The average Bonchev–Trinajstić information content (AvgIpc) is 2.77. The van der Waals surface area contributed by atoms with Crippen molar-refractivity contribution in [1.82, 2.24) is 5.32 Å². The van der Waals surface area contributed by atoms with Crippen LogP contribution in [0.4, 0.5) is 14.5 Å². The van der Waals surface area contributed by atoms with Crippen molar-refractivity contribution in [3.8, 4) is 0 Å². The fourth-order valence-corrected chi connectivity index (χ4v) is 3.89. The zero-order valence-electron chi connectivity index (χ0n) is 15.7. The quantitative estimate of drug-likeness (QED) is 0.753. The summed E-state index contributed by atoms with van der Waals surface area (Å²) in [6.07, 6.45) is -1.11. The van der Waals surface area contributed by atoms with E-state index in [1.807, 2.05) is 0 Å². The molecule has 2 atom stereocenters. The Bertz CT molecular complexity index is 872. The van der Waals surface area contributed by atoms with Gasteiger partial charge in [-0.3, -0.25) is 9.69 Å². The van der Waals surface area contributed by atoms with E-state index < -0.39 is 29.2 Å². The Morgan fingerprint density at radius 3 is 2.54 bits per heavy atom. The zero-order valence-corrected chi connectivity index (χ0v) is 17.2. The highest BCUT2D eigenvalue weighted by Crippen LogP contribution is 2.47. The molecule has 0 saturated carbocycles. The Kier molecular flexibility index (Phi) is 6.71. The standard InChI is InChI=1S/C20H21ClF2N2O2.ClH/c1-20(2)14-5-4-6-15(23)18(14)25(19(20)27)17(16(26)10-24-3)11-7-12(21)9-13(22)8-11;/h4-9,16-17,24,26H,10H2,1-3H3;1H/t16-,17+;/m1./s1. The highest BCUT2D eigenvalue weighted by Gasteiger charge is 2.49. The van der Waals surface area contributed by atoms with Crippen LogP contribution in [0.25, 0.3) is 0 Å². The first-order valence-corrected chi connectivity index (χ1v) is 8.97. The van der Waals surface area contributed by atoms with Crippen LogP contribution < -0.4 is 10.2 Å². The predicted molar refractivity (Wildman–Crippen MR) is 108 cm³/mol. The Labute approximate surface area is 173 Å². The number of nitrogens with one attached hydrogen (secondary N) is 1. The number of hydrogen-bond acceptors (Lipinski definition) is 3. The first-order valence-electron chi connectivity index (χ1n) is 8.59. The summed E-state index contributed by atoms with van der Waals surface area (Å²) in [6, 6.07) is 7.32. The van der Waals surface area contributed by atoms with Gasteiger partial charge < -0.3 is 10.4 Å². The lowest BCUT2D eigenvalue weighted by Crippen LogP contribution is -2.45. The number of benzene rings is 2. The first-order chi connectivity index (χ1) is 12.7. The van der Waals surface area contributed by atoms with Gasteiger partial charge in [0.2, 0.25) is 5.91 Å². The van der Waals surface area contributed by atoms with Crippen molar-refractivity contribution in [2.75, 3.05) is 18.5 Å². The summed E-state index contributed by atoms with van der Waals surface area (Å²) in [5.41, 5.74) is -0.0562. The number of halogens is 4. The number of para-hydroxylation sites is 1. The van der Waals surface area contributed by atoms with Crippen LogP contribution in [0, 0.1) is 11.6 Å². The van der Waals surface area contributed by atoms with E-state index in [4.69, 9.17) is 11.6 Å². The minimum absolute atomic E-state index is 0. The molecule has 2 aromatic rings. The molecule has 1 aliphatic rings. The summed E-state index contributed by atoms with van der Waals surface area (Å²) in [7, 11) is 1.64. The number of rotatable bonds is 5. The van der Waals surface area contributed by atoms with E-state index in [0.29, 0.717) is 11.1 Å². The summed E-state index contributed by atoms with van der Waals surface area (Å²) in [5, 5.41) is 13.7. The molecule has 0 aliphatic carbocycles. The highest BCUT2D eigenvalue weighted by atomic mass is 35.5. The van der Waals surface area contributed by atoms with Crippen LogP contribution in [0.3, 0.4) is 0 Å². The van der Waals surface area contributed by atoms with Crippen LogP contribution >= 0.6 is 24.0 Å². The maximum absolute atomic E-state index is 14.8. The molecule has 2 N–H and O–H groups in total. The summed E-state index contributed by atoms with van der Waals surface area (Å²) in [4.78, 5) is 14.5. The predicted octanol–water partition coefficient (Wildman–Crippen LogP) is 3.99. The van der Waals surface area contributed by atoms with Gasteiger partial charge in [-0.2, -0.15) is 0 Å². The normalized spacial score (nSPS) is 17.1. The van der Waals surface area contributed by atoms with E-state index >= 15 is 0 Å². The number of fused-ring (bicyclic) bond motifs is 1. The van der Waals surface area contributed by atoms with E-state index in [-0.39, 0.29) is 35.6 Å². The number of anilines is 1. The van der Waals surface area contributed by atoms with Gasteiger partial charge in [0.05, 0.1) is 23.2 Å². The molecule has 28 heavy (non-hydrogen) atoms. The molecular formula is C20H22Cl2F2N2O2. The molecule has 1 aliphatic heterocycles. The third-order valence-corrected chi connectivity index (χ3v) is 5.16. The molecule has 0 fully saturated rings. The second kappa shape index (κ2) is 8.33. The van der Waals surface area contributed by atoms with Crippen molar-refractivity contribution in [2.45, 2.75) is 31.4 Å². The van der Waals surface area contributed by atoms with E-state index in [0.717, 1.165) is 6.07 Å². The van der Waals surface area contributed by atoms with Crippen LogP contribution in [0.2, 0.25) is 5.02 Å². The second-order valence-corrected chi connectivity index (χ2v) is 7.65. The maximum Gasteiger partial charge on any atom is 0.237 e. The van der Waals surface area contributed by atoms with E-state index in [9.17, 15) is 18.7 Å². The average molecular weight is 431 g/mol. The van der Waals surface area contributed by atoms with E-state index in [1.54, 1.807) is 33.0 Å². The Balaban J connectivity index is 0.00000280. The molecule has 0 radical (unpaired) electrons. The molecule has 0 saturated heterocycles. The van der Waals surface area contributed by atoms with Gasteiger partial charge >= 0.3 is 0 Å². The van der Waals surface area contributed by atoms with Gasteiger partial charge in [-0.05, 0) is 56.3 Å². The molecule has 2 aromatic carbocycles. The molecule has 152 valence electrons. The molecule has 0 bridgehead atoms. The Morgan fingerprint density at radius 1 is 1.25 bits per heavy atom. The minimum atomic E-state index is -1.11. The van der Waals surface area contributed by atoms with Crippen LogP contribution in [-0.2, 0) is 10.2 Å². The minimum Gasteiger partial charge on any atom is -0.389 e. The van der Waals surface area contributed by atoms with Gasteiger partial charge in [0.1, 0.15) is 11.6 Å². The van der Waals surface area contributed by atoms with E-state index in [1.165, 1.54) is 23.1 Å². The van der Waals surface area contributed by atoms with Crippen molar-refractivity contribution in [3.05, 3.63) is 64.2 Å². The van der Waals surface area contributed by atoms with Crippen molar-refractivity contribution in [2.24, 2.45) is 0 Å². The molecule has 1 heterocycles. The molecule has 0 unspecified atom stereocenters. The van der Waals surface area contributed by atoms with Crippen LogP contribution in [0.1, 0.15) is 31.0 Å². The number of likely N-dealkylation sites (N-methyl/N-ethyl adjacent to an activating group) is 1. The lowest BCUT2D eigenvalue weighted by atomic mass is 9.86. The van der Waals surface area contributed by atoms with Gasteiger partial charge in [-0.25, -0.2) is 8.78 Å². The number of nitrogens with zero attached hydrogens (tertiary/aromatic N) is 1. The number of amides is 1. The molecule has 8 heteroatoms. The molecule has 4 nitrogen and oxygen atoms in total. The van der Waals surface area contributed by atoms with Gasteiger partial charge in [0.15, 0.2) is 0 Å². The highest BCUT2D eigenvalue weighted by molar-refractivity contribution is 6.30. The molecule has 3 rings (SSSR count). The summed E-state index contributed by atoms with van der Waals surface area (Å²) < 4.78 is 28.7. The van der Waals surface area contributed by atoms with Crippen LogP contribution in [0.5, 0.6) is 0 Å². The number of carbonyl (C=O) groups excluding carboxylic acids is 1. The first kappa shape index (κ1) is 22.6. The summed E-state index contributed by atoms with van der Waals surface area (Å²) in [6.45, 7) is 3.52. The largest absolute Gasteiger partial charge is 0.389 e. The summed E-state index contributed by atoms with van der Waals surface area (Å²) >= 11 is 5.99. The van der Waals surface area contributed by atoms with E-state index in [2.05, 4.69) is 5.32 Å². The van der Waals surface area contributed by atoms with Crippen LogP contribution in [-0.4, -0.2) is 30.7 Å². The van der Waals surface area contributed by atoms with Gasteiger partial charge in [-0.15, -0.1) is 12.4 Å². The second-order valence-electron chi connectivity index (χ2n) is 7.21. The van der Waals surface area contributed by atoms with Crippen molar-refractivity contribution in [1.29, 1.82) is 0 Å². The molecule has 0 spiro atoms. The Hall–Kier alpha value is -1.73. The summed E-state index contributed by atoms with van der Waals surface area (Å²) in [5.74, 6) is -1.54. The smallest absolute Gasteiger partial charge is 0.237 e. The zero-order chi connectivity index (χ0) is 19.9.